The average molecular weight is 479 g/mol. The maximum atomic E-state index is 12.3. The van der Waals surface area contributed by atoms with E-state index in [-0.39, 0.29) is 35.5 Å². The van der Waals surface area contributed by atoms with E-state index in [1.165, 1.54) is 6.42 Å². The summed E-state index contributed by atoms with van der Waals surface area (Å²) in [6, 6.07) is 2.76. The maximum Gasteiger partial charge on any atom is 0.326 e. The number of aromatic nitrogens is 5. The van der Waals surface area contributed by atoms with Crippen LogP contribution in [0.3, 0.4) is 0 Å². The lowest BCUT2D eigenvalue weighted by Crippen LogP contribution is -2.44. The third-order valence-electron chi connectivity index (χ3n) is 7.28. The second-order valence-corrected chi connectivity index (χ2v) is 10.0. The van der Waals surface area contributed by atoms with Crippen molar-refractivity contribution in [1.82, 2.24) is 29.9 Å². The molecule has 3 fully saturated rings. The first kappa shape index (κ1) is 21.9. The van der Waals surface area contributed by atoms with Crippen LogP contribution in [0.4, 0.5) is 5.82 Å². The fourth-order valence-electron chi connectivity index (χ4n) is 4.85. The molecule has 0 aliphatic heterocycles. The normalized spacial score (nSPS) is 24.0. The van der Waals surface area contributed by atoms with Gasteiger partial charge in [0.25, 0.3) is 0 Å². The SMILES string of the molecule is O=C(NC1CCC(Nc2cc(=NC3CC3)n3nc/c(=C\c4[nH]c(=O)[nH]c4O)c3n2)CC1)C1CCC1. The van der Waals surface area contributed by atoms with Gasteiger partial charge >= 0.3 is 5.69 Å². The van der Waals surface area contributed by atoms with Crippen LogP contribution in [0.15, 0.2) is 22.1 Å². The van der Waals surface area contributed by atoms with Gasteiger partial charge in [0.15, 0.2) is 11.1 Å². The number of carbonyl (C=O) groups is 1. The summed E-state index contributed by atoms with van der Waals surface area (Å²) in [5, 5.41) is 21.9. The number of hydrogen-bond donors (Lipinski definition) is 5. The Balaban J connectivity index is 1.23. The summed E-state index contributed by atoms with van der Waals surface area (Å²) in [6.45, 7) is 0. The van der Waals surface area contributed by atoms with Crippen LogP contribution in [0, 0.1) is 5.92 Å². The minimum Gasteiger partial charge on any atom is -0.493 e. The summed E-state index contributed by atoms with van der Waals surface area (Å²) < 4.78 is 1.70. The molecule has 0 unspecified atom stereocenters. The molecule has 0 atom stereocenters. The molecule has 0 spiro atoms. The fraction of sp³-hybridized carbons (Fsp3) is 0.542. The highest BCUT2D eigenvalue weighted by molar-refractivity contribution is 5.79. The summed E-state index contributed by atoms with van der Waals surface area (Å²) in [5.74, 6) is 0.946. The predicted molar refractivity (Wildman–Crippen MR) is 129 cm³/mol. The van der Waals surface area contributed by atoms with Crippen molar-refractivity contribution in [3.63, 3.8) is 0 Å². The van der Waals surface area contributed by atoms with E-state index < -0.39 is 5.69 Å². The number of fused-ring (bicyclic) bond motifs is 1. The van der Waals surface area contributed by atoms with Gasteiger partial charge in [-0.25, -0.2) is 9.78 Å². The molecular weight excluding hydrogens is 448 g/mol. The maximum absolute atomic E-state index is 12.3. The number of H-pyrrole nitrogens is 2. The fourth-order valence-corrected chi connectivity index (χ4v) is 4.85. The van der Waals surface area contributed by atoms with E-state index in [1.54, 1.807) is 16.8 Å². The number of nitrogens with one attached hydrogen (secondary N) is 4. The molecule has 3 aromatic heterocycles. The minimum atomic E-state index is -0.482. The van der Waals surface area contributed by atoms with E-state index in [1.807, 2.05) is 6.07 Å². The van der Waals surface area contributed by atoms with E-state index in [0.717, 1.165) is 62.7 Å². The zero-order chi connectivity index (χ0) is 23.9. The third-order valence-corrected chi connectivity index (χ3v) is 7.28. The molecule has 11 heteroatoms. The van der Waals surface area contributed by atoms with E-state index in [9.17, 15) is 14.7 Å². The Bertz CT molecular complexity index is 1420. The molecule has 3 saturated carbocycles. The number of imidazole rings is 1. The number of rotatable bonds is 6. The van der Waals surface area contributed by atoms with Gasteiger partial charge in [-0.05, 0) is 57.4 Å². The van der Waals surface area contributed by atoms with Crippen LogP contribution >= 0.6 is 0 Å². The summed E-state index contributed by atoms with van der Waals surface area (Å²) in [5.41, 5.74) is 1.11. The monoisotopic (exact) mass is 478 g/mol. The first-order valence-corrected chi connectivity index (χ1v) is 12.5. The van der Waals surface area contributed by atoms with E-state index in [4.69, 9.17) is 9.98 Å². The molecule has 0 radical (unpaired) electrons. The van der Waals surface area contributed by atoms with Crippen molar-refractivity contribution in [2.75, 3.05) is 5.32 Å². The van der Waals surface area contributed by atoms with Crippen molar-refractivity contribution in [1.29, 1.82) is 0 Å². The number of carbonyl (C=O) groups excluding carboxylic acids is 1. The predicted octanol–water partition coefficient (Wildman–Crippen LogP) is 0.702. The van der Waals surface area contributed by atoms with E-state index >= 15 is 0 Å². The van der Waals surface area contributed by atoms with E-state index in [0.29, 0.717) is 16.9 Å². The Labute approximate surface area is 200 Å². The molecule has 11 nitrogen and oxygen atoms in total. The van der Waals surface area contributed by atoms with Crippen molar-refractivity contribution < 1.29 is 9.90 Å². The zero-order valence-corrected chi connectivity index (χ0v) is 19.5. The van der Waals surface area contributed by atoms with Crippen LogP contribution in [0.1, 0.15) is 63.5 Å². The molecule has 0 saturated heterocycles. The van der Waals surface area contributed by atoms with Crippen molar-refractivity contribution in [3.8, 4) is 5.88 Å². The molecule has 5 N–H and O–H groups in total. The largest absolute Gasteiger partial charge is 0.493 e. The number of aromatic hydroxyl groups is 1. The second-order valence-electron chi connectivity index (χ2n) is 10.0. The van der Waals surface area contributed by atoms with Crippen molar-refractivity contribution in [3.05, 3.63) is 39.1 Å². The Kier molecular flexibility index (Phi) is 5.54. The van der Waals surface area contributed by atoms with Gasteiger partial charge < -0.3 is 20.7 Å². The molecule has 0 aromatic carbocycles. The summed E-state index contributed by atoms with van der Waals surface area (Å²) >= 11 is 0. The lowest BCUT2D eigenvalue weighted by molar-refractivity contribution is -0.128. The number of nitrogens with zero attached hydrogens (tertiary/aromatic N) is 4. The smallest absolute Gasteiger partial charge is 0.326 e. The molecule has 1 amide bonds. The molecule has 3 aromatic rings. The van der Waals surface area contributed by atoms with Gasteiger partial charge in [0, 0.05) is 29.3 Å². The molecule has 6 rings (SSSR count). The number of aromatic amines is 2. The molecule has 0 bridgehead atoms. The number of hydrogen-bond acceptors (Lipinski definition) is 7. The van der Waals surface area contributed by atoms with Gasteiger partial charge in [0.05, 0.1) is 12.2 Å². The first-order chi connectivity index (χ1) is 17.0. The number of amides is 1. The van der Waals surface area contributed by atoms with Gasteiger partial charge in [-0.3, -0.25) is 14.8 Å². The zero-order valence-electron chi connectivity index (χ0n) is 19.5. The average Bonchev–Trinajstić information content (AvgIpc) is 3.42. The molecule has 3 aliphatic rings. The van der Waals surface area contributed by atoms with Gasteiger partial charge in [0.1, 0.15) is 11.5 Å². The van der Waals surface area contributed by atoms with Crippen LogP contribution in [0.2, 0.25) is 0 Å². The lowest BCUT2D eigenvalue weighted by atomic mass is 9.84. The van der Waals surface area contributed by atoms with Crippen molar-refractivity contribution in [2.24, 2.45) is 10.9 Å². The van der Waals surface area contributed by atoms with Crippen LogP contribution in [0.5, 0.6) is 5.88 Å². The molecule has 3 aliphatic carbocycles. The summed E-state index contributed by atoms with van der Waals surface area (Å²) in [4.78, 5) is 38.3. The molecule has 184 valence electrons. The standard InChI is InChI=1S/C24H30N8O3/c33-22(13-2-1-3-13)28-17-8-4-15(5-9-17)26-19-11-20(27-16-6-7-16)32-21(30-19)14(12-25-32)10-18-23(34)31-24(35)29-18/h10-13,15-17,26,34H,1-9H2,(H,28,33)(H2,29,31,35)/b14-10+,27-20?. The minimum absolute atomic E-state index is 0.225. The van der Waals surface area contributed by atoms with Gasteiger partial charge in [0.2, 0.25) is 11.8 Å². The van der Waals surface area contributed by atoms with Crippen molar-refractivity contribution in [2.45, 2.75) is 75.9 Å². The Morgan fingerprint density at radius 1 is 1.11 bits per heavy atom. The van der Waals surface area contributed by atoms with E-state index in [2.05, 4.69) is 25.7 Å². The summed E-state index contributed by atoms with van der Waals surface area (Å²) in [7, 11) is 0. The van der Waals surface area contributed by atoms with Gasteiger partial charge in [-0.15, -0.1) is 0 Å². The first-order valence-electron chi connectivity index (χ1n) is 12.5. The topological polar surface area (TPSA) is 153 Å². The van der Waals surface area contributed by atoms with Gasteiger partial charge in [-0.1, -0.05) is 6.42 Å². The summed E-state index contributed by atoms with van der Waals surface area (Å²) in [6.07, 6.45) is 12.5. The van der Waals surface area contributed by atoms with Crippen molar-refractivity contribution >= 4 is 23.4 Å². The highest BCUT2D eigenvalue weighted by atomic mass is 16.3. The molecular formula is C24H30N8O3. The third kappa shape index (κ3) is 4.67. The van der Waals surface area contributed by atoms with Crippen LogP contribution in [-0.4, -0.2) is 53.7 Å². The molecule has 35 heavy (non-hydrogen) atoms. The Hall–Kier alpha value is -3.63. The van der Waals surface area contributed by atoms with Crippen LogP contribution < -0.4 is 27.0 Å². The Morgan fingerprint density at radius 3 is 2.54 bits per heavy atom. The number of anilines is 1. The second kappa shape index (κ2) is 8.86. The highest BCUT2D eigenvalue weighted by Gasteiger charge is 2.29. The quantitative estimate of drug-likeness (QED) is 0.352. The lowest BCUT2D eigenvalue weighted by Gasteiger charge is -2.32. The molecule has 3 heterocycles. The Morgan fingerprint density at radius 2 is 1.89 bits per heavy atom. The van der Waals surface area contributed by atoms with Crippen LogP contribution in [0.25, 0.3) is 11.7 Å². The van der Waals surface area contributed by atoms with Crippen LogP contribution in [-0.2, 0) is 4.79 Å². The highest BCUT2D eigenvalue weighted by Crippen LogP contribution is 2.28. The van der Waals surface area contributed by atoms with Gasteiger partial charge in [-0.2, -0.15) is 9.61 Å².